The Labute approximate surface area is 163 Å². The molecule has 0 aliphatic rings. The number of thiocarbonyl (C=S) groups is 1. The fourth-order valence-electron chi connectivity index (χ4n) is 2.19. The van der Waals surface area contributed by atoms with Gasteiger partial charge in [0.1, 0.15) is 5.75 Å². The summed E-state index contributed by atoms with van der Waals surface area (Å²) < 4.78 is 5.46. The van der Waals surface area contributed by atoms with Crippen molar-refractivity contribution in [2.45, 2.75) is 13.8 Å². The molecule has 7 heteroatoms. The summed E-state index contributed by atoms with van der Waals surface area (Å²) in [5.41, 5.74) is 7.79. The predicted octanol–water partition coefficient (Wildman–Crippen LogP) is 2.42. The van der Waals surface area contributed by atoms with Crippen LogP contribution in [-0.2, 0) is 9.59 Å². The van der Waals surface area contributed by atoms with Gasteiger partial charge in [-0.05, 0) is 49.3 Å². The van der Waals surface area contributed by atoms with E-state index >= 15 is 0 Å². The minimum absolute atomic E-state index is 0.0161. The van der Waals surface area contributed by atoms with E-state index in [9.17, 15) is 9.59 Å². The van der Waals surface area contributed by atoms with Crippen LogP contribution in [0.3, 0.4) is 0 Å². The molecular weight excluding hydrogens is 362 g/mol. The van der Waals surface area contributed by atoms with Crippen molar-refractivity contribution in [3.05, 3.63) is 71.3 Å². The minimum Gasteiger partial charge on any atom is -0.483 e. The molecule has 0 spiro atoms. The highest BCUT2D eigenvalue weighted by Crippen LogP contribution is 2.18. The van der Waals surface area contributed by atoms with Crippen LogP contribution in [-0.4, -0.2) is 23.5 Å². The number of benzene rings is 2. The van der Waals surface area contributed by atoms with Gasteiger partial charge in [0.05, 0.1) is 0 Å². The molecule has 2 aromatic rings. The molecule has 0 atom stereocenters. The maximum absolute atomic E-state index is 11.8. The molecule has 0 saturated carbocycles. The molecule has 0 radical (unpaired) electrons. The molecule has 27 heavy (non-hydrogen) atoms. The van der Waals surface area contributed by atoms with Gasteiger partial charge in [-0.15, -0.1) is 0 Å². The summed E-state index contributed by atoms with van der Waals surface area (Å²) in [6.45, 7) is 3.71. The highest BCUT2D eigenvalue weighted by molar-refractivity contribution is 7.80. The van der Waals surface area contributed by atoms with E-state index in [-0.39, 0.29) is 11.7 Å². The molecule has 0 aromatic heterocycles. The van der Waals surface area contributed by atoms with Gasteiger partial charge in [0.2, 0.25) is 5.91 Å². The Morgan fingerprint density at radius 2 is 1.81 bits per heavy atom. The van der Waals surface area contributed by atoms with Crippen LogP contribution in [0, 0.1) is 13.8 Å². The van der Waals surface area contributed by atoms with Crippen molar-refractivity contribution in [3.8, 4) is 5.75 Å². The van der Waals surface area contributed by atoms with Gasteiger partial charge in [0, 0.05) is 6.08 Å². The number of amides is 2. The standard InChI is InChI=1S/C20H21N3O3S/c1-14-8-10-17(15(2)12-14)26-13-19(25)22-23-20(27)21-18(24)11-9-16-6-4-3-5-7-16/h3-12H,13H2,1-2H3,(H,22,25)(H2,21,23,24,27)/b11-9+. The molecule has 0 saturated heterocycles. The topological polar surface area (TPSA) is 79.5 Å². The van der Waals surface area contributed by atoms with Crippen molar-refractivity contribution in [3.63, 3.8) is 0 Å². The Hall–Kier alpha value is -3.19. The van der Waals surface area contributed by atoms with Gasteiger partial charge < -0.3 is 4.74 Å². The molecule has 0 bridgehead atoms. The summed E-state index contributed by atoms with van der Waals surface area (Å²) in [5, 5.41) is 2.42. The Morgan fingerprint density at radius 1 is 1.07 bits per heavy atom. The number of carbonyl (C=O) groups excluding carboxylic acids is 2. The fourth-order valence-corrected chi connectivity index (χ4v) is 2.34. The quantitative estimate of drug-likeness (QED) is 0.420. The molecule has 3 N–H and O–H groups in total. The van der Waals surface area contributed by atoms with Gasteiger partial charge >= 0.3 is 0 Å². The molecule has 2 rings (SSSR count). The van der Waals surface area contributed by atoms with E-state index in [1.165, 1.54) is 6.08 Å². The number of hydrogen-bond donors (Lipinski definition) is 3. The number of aryl methyl sites for hydroxylation is 2. The van der Waals surface area contributed by atoms with E-state index in [0.29, 0.717) is 5.75 Å². The van der Waals surface area contributed by atoms with E-state index in [2.05, 4.69) is 16.2 Å². The third-order valence-electron chi connectivity index (χ3n) is 3.47. The van der Waals surface area contributed by atoms with Crippen molar-refractivity contribution in [1.29, 1.82) is 0 Å². The summed E-state index contributed by atoms with van der Waals surface area (Å²) in [7, 11) is 0. The van der Waals surface area contributed by atoms with Crippen molar-refractivity contribution < 1.29 is 14.3 Å². The van der Waals surface area contributed by atoms with Crippen molar-refractivity contribution in [2.24, 2.45) is 0 Å². The van der Waals surface area contributed by atoms with Gasteiger partial charge in [-0.25, -0.2) is 0 Å². The summed E-state index contributed by atoms with van der Waals surface area (Å²) in [6, 6.07) is 15.1. The Bertz CT molecular complexity index is 851. The lowest BCUT2D eigenvalue weighted by Crippen LogP contribution is -2.49. The zero-order chi connectivity index (χ0) is 19.6. The van der Waals surface area contributed by atoms with Crippen LogP contribution < -0.4 is 20.9 Å². The smallest absolute Gasteiger partial charge is 0.276 e. The largest absolute Gasteiger partial charge is 0.483 e. The van der Waals surface area contributed by atoms with Crippen molar-refractivity contribution in [1.82, 2.24) is 16.2 Å². The van der Waals surface area contributed by atoms with Gasteiger partial charge in [-0.1, -0.05) is 48.0 Å². The van der Waals surface area contributed by atoms with Crippen LogP contribution in [0.1, 0.15) is 16.7 Å². The lowest BCUT2D eigenvalue weighted by atomic mass is 10.1. The second-order valence-electron chi connectivity index (χ2n) is 5.79. The molecule has 2 aromatic carbocycles. The van der Waals surface area contributed by atoms with E-state index < -0.39 is 11.8 Å². The predicted molar refractivity (Wildman–Crippen MR) is 109 cm³/mol. The Balaban J connectivity index is 1.70. The van der Waals surface area contributed by atoms with Crippen molar-refractivity contribution >= 4 is 35.2 Å². The van der Waals surface area contributed by atoms with E-state index in [1.54, 1.807) is 6.08 Å². The average Bonchev–Trinajstić information content (AvgIpc) is 2.65. The Morgan fingerprint density at radius 3 is 2.52 bits per heavy atom. The summed E-state index contributed by atoms with van der Waals surface area (Å²) in [6.07, 6.45) is 3.02. The average molecular weight is 383 g/mol. The molecule has 6 nitrogen and oxygen atoms in total. The van der Waals surface area contributed by atoms with Crippen molar-refractivity contribution in [2.75, 3.05) is 6.61 Å². The van der Waals surface area contributed by atoms with Crippen LogP contribution in [0.15, 0.2) is 54.6 Å². The first-order valence-electron chi connectivity index (χ1n) is 8.27. The second-order valence-corrected chi connectivity index (χ2v) is 6.20. The van der Waals surface area contributed by atoms with Gasteiger partial charge in [-0.2, -0.15) is 0 Å². The fraction of sp³-hybridized carbons (Fsp3) is 0.150. The summed E-state index contributed by atoms with van der Waals surface area (Å²) in [4.78, 5) is 23.6. The molecular formula is C20H21N3O3S. The number of carbonyl (C=O) groups is 2. The third-order valence-corrected chi connectivity index (χ3v) is 3.67. The molecule has 0 unspecified atom stereocenters. The van der Waals surface area contributed by atoms with E-state index in [4.69, 9.17) is 17.0 Å². The Kier molecular flexibility index (Phi) is 7.51. The summed E-state index contributed by atoms with van der Waals surface area (Å²) >= 11 is 4.96. The molecule has 0 fully saturated rings. The monoisotopic (exact) mass is 383 g/mol. The normalized spacial score (nSPS) is 10.3. The van der Waals surface area contributed by atoms with Crippen LogP contribution in [0.2, 0.25) is 0 Å². The third kappa shape index (κ3) is 7.29. The lowest BCUT2D eigenvalue weighted by Gasteiger charge is -2.12. The van der Waals surface area contributed by atoms with Crippen LogP contribution >= 0.6 is 12.2 Å². The van der Waals surface area contributed by atoms with Gasteiger partial charge in [0.15, 0.2) is 11.7 Å². The first-order chi connectivity index (χ1) is 12.9. The first-order valence-corrected chi connectivity index (χ1v) is 8.68. The molecule has 0 aliphatic carbocycles. The number of nitrogens with one attached hydrogen (secondary N) is 3. The zero-order valence-electron chi connectivity index (χ0n) is 15.1. The number of rotatable bonds is 5. The number of ether oxygens (including phenoxy) is 1. The van der Waals surface area contributed by atoms with Gasteiger partial charge in [0.25, 0.3) is 5.91 Å². The maximum atomic E-state index is 11.8. The zero-order valence-corrected chi connectivity index (χ0v) is 15.9. The van der Waals surface area contributed by atoms with E-state index in [0.717, 1.165) is 16.7 Å². The first kappa shape index (κ1) is 20.1. The highest BCUT2D eigenvalue weighted by Gasteiger charge is 2.06. The molecule has 2 amide bonds. The van der Waals surface area contributed by atoms with Crippen LogP contribution in [0.25, 0.3) is 6.08 Å². The SMILES string of the molecule is Cc1ccc(OCC(=O)NNC(=S)NC(=O)/C=C/c2ccccc2)c(C)c1. The maximum Gasteiger partial charge on any atom is 0.276 e. The lowest BCUT2D eigenvalue weighted by molar-refractivity contribution is -0.123. The minimum atomic E-state index is -0.425. The second kappa shape index (κ2) is 10.1. The number of hydrazine groups is 1. The molecule has 0 heterocycles. The molecule has 0 aliphatic heterocycles. The van der Waals surface area contributed by atoms with Crippen LogP contribution in [0.4, 0.5) is 0 Å². The number of hydrogen-bond acceptors (Lipinski definition) is 4. The molecule has 140 valence electrons. The highest BCUT2D eigenvalue weighted by atomic mass is 32.1. The van der Waals surface area contributed by atoms with Crippen LogP contribution in [0.5, 0.6) is 5.75 Å². The summed E-state index contributed by atoms with van der Waals surface area (Å²) in [5.74, 6) is -0.193. The van der Waals surface area contributed by atoms with E-state index in [1.807, 2.05) is 62.4 Å². The van der Waals surface area contributed by atoms with Gasteiger partial charge in [-0.3, -0.25) is 25.8 Å².